The van der Waals surface area contributed by atoms with Crippen LogP contribution in [0.25, 0.3) is 10.2 Å². The summed E-state index contributed by atoms with van der Waals surface area (Å²) in [6, 6.07) is 0.904. The smallest absolute Gasteiger partial charge is 0.390 e. The van der Waals surface area contributed by atoms with Crippen LogP contribution in [0.4, 0.5) is 23.4 Å². The Balaban J connectivity index is 1.81. The third-order valence-electron chi connectivity index (χ3n) is 5.02. The fourth-order valence-corrected chi connectivity index (χ4v) is 4.33. The molecule has 2 aliphatic rings. The second kappa shape index (κ2) is 6.59. The van der Waals surface area contributed by atoms with Crippen molar-refractivity contribution in [2.75, 3.05) is 31.1 Å². The number of nitrogens with zero attached hydrogens (tertiary/aromatic N) is 3. The normalized spacial score (nSPS) is 23.6. The van der Waals surface area contributed by atoms with E-state index in [0.29, 0.717) is 13.1 Å². The van der Waals surface area contributed by atoms with Gasteiger partial charge in [0.05, 0.1) is 34.0 Å². The van der Waals surface area contributed by atoms with Gasteiger partial charge in [-0.2, -0.15) is 13.2 Å². The van der Waals surface area contributed by atoms with E-state index < -0.39 is 24.0 Å². The molecule has 2 saturated heterocycles. The number of alkyl halides is 4. The summed E-state index contributed by atoms with van der Waals surface area (Å²) < 4.78 is 54.6. The predicted molar refractivity (Wildman–Crippen MR) is 92.9 cm³/mol. The number of likely N-dealkylation sites (tertiary alicyclic amines) is 1. The van der Waals surface area contributed by atoms with Crippen molar-refractivity contribution in [3.63, 3.8) is 0 Å². The lowest BCUT2D eigenvalue weighted by atomic mass is 10.1. The SMILES string of the molecule is O=C(c1csc2c(C(F)(F)F)cc(N3CC[C@@H](O)[C@H](F)C3)nc12)N1CCC1. The molecule has 4 heterocycles. The van der Waals surface area contributed by atoms with Crippen LogP contribution in [0.2, 0.25) is 0 Å². The molecule has 2 aliphatic heterocycles. The fraction of sp³-hybridized carbons (Fsp3) is 0.529. The first-order chi connectivity index (χ1) is 12.8. The summed E-state index contributed by atoms with van der Waals surface area (Å²) in [7, 11) is 0. The number of carbonyl (C=O) groups excluding carboxylic acids is 1. The van der Waals surface area contributed by atoms with Crippen LogP contribution < -0.4 is 4.90 Å². The molecule has 0 spiro atoms. The number of thiophene rings is 1. The van der Waals surface area contributed by atoms with Crippen molar-refractivity contribution in [2.24, 2.45) is 0 Å². The second-order valence-electron chi connectivity index (χ2n) is 6.82. The Morgan fingerprint density at radius 1 is 1.30 bits per heavy atom. The number of aromatic nitrogens is 1. The van der Waals surface area contributed by atoms with E-state index in [2.05, 4.69) is 4.98 Å². The van der Waals surface area contributed by atoms with Crippen molar-refractivity contribution < 1.29 is 27.5 Å². The lowest BCUT2D eigenvalue weighted by Gasteiger charge is -2.33. The zero-order chi connectivity index (χ0) is 19.3. The van der Waals surface area contributed by atoms with E-state index in [1.165, 1.54) is 10.3 Å². The van der Waals surface area contributed by atoms with Gasteiger partial charge in [0.2, 0.25) is 0 Å². The molecule has 2 aromatic heterocycles. The number of anilines is 1. The minimum Gasteiger partial charge on any atom is -0.390 e. The van der Waals surface area contributed by atoms with Gasteiger partial charge in [0.15, 0.2) is 0 Å². The molecule has 5 nitrogen and oxygen atoms in total. The average molecular weight is 403 g/mol. The van der Waals surface area contributed by atoms with Crippen molar-refractivity contribution in [1.82, 2.24) is 9.88 Å². The van der Waals surface area contributed by atoms with Gasteiger partial charge in [-0.3, -0.25) is 4.79 Å². The molecule has 0 saturated carbocycles. The highest BCUT2D eigenvalue weighted by atomic mass is 32.1. The molecule has 4 rings (SSSR count). The molecule has 10 heteroatoms. The molecular weight excluding hydrogens is 386 g/mol. The number of aliphatic hydroxyl groups excluding tert-OH is 1. The van der Waals surface area contributed by atoms with Gasteiger partial charge in [-0.25, -0.2) is 9.37 Å². The molecule has 0 aliphatic carbocycles. The molecule has 1 amide bonds. The van der Waals surface area contributed by atoms with E-state index in [-0.39, 0.29) is 47.0 Å². The summed E-state index contributed by atoms with van der Waals surface area (Å²) in [6.45, 7) is 1.11. The van der Waals surface area contributed by atoms with Gasteiger partial charge < -0.3 is 14.9 Å². The molecule has 2 fully saturated rings. The predicted octanol–water partition coefficient (Wildman–Crippen LogP) is 3.07. The first-order valence-corrected chi connectivity index (χ1v) is 9.49. The van der Waals surface area contributed by atoms with E-state index >= 15 is 0 Å². The standard InChI is InChI=1S/C17H17F4N3O2S/c18-11-7-24(5-2-12(11)25)13-6-10(17(19,20)21)15-14(22-13)9(8-27-15)16(26)23-3-1-4-23/h6,8,11-12,25H,1-5,7H2/t11-,12-/m1/s1. The van der Waals surface area contributed by atoms with Crippen molar-refractivity contribution in [3.05, 3.63) is 22.6 Å². The van der Waals surface area contributed by atoms with E-state index in [1.807, 2.05) is 0 Å². The molecule has 1 N–H and O–H groups in total. The van der Waals surface area contributed by atoms with E-state index in [0.717, 1.165) is 23.8 Å². The maximum absolute atomic E-state index is 13.9. The van der Waals surface area contributed by atoms with Crippen molar-refractivity contribution in [2.45, 2.75) is 31.3 Å². The van der Waals surface area contributed by atoms with Gasteiger partial charge in [0.1, 0.15) is 12.0 Å². The molecule has 146 valence electrons. The number of carbonyl (C=O) groups is 1. The monoisotopic (exact) mass is 403 g/mol. The number of amides is 1. The molecule has 2 aromatic rings. The number of halogens is 4. The largest absolute Gasteiger partial charge is 0.417 e. The highest BCUT2D eigenvalue weighted by Crippen LogP contribution is 2.41. The maximum atomic E-state index is 13.9. The zero-order valence-corrected chi connectivity index (χ0v) is 15.0. The molecule has 2 atom stereocenters. The fourth-order valence-electron chi connectivity index (χ4n) is 3.31. The summed E-state index contributed by atoms with van der Waals surface area (Å²) in [4.78, 5) is 19.8. The van der Waals surface area contributed by atoms with Gasteiger partial charge in [0.25, 0.3) is 5.91 Å². The van der Waals surface area contributed by atoms with Crippen LogP contribution in [0.5, 0.6) is 0 Å². The van der Waals surface area contributed by atoms with E-state index in [9.17, 15) is 27.5 Å². The Labute approximate surface area is 156 Å². The number of piperidine rings is 1. The third kappa shape index (κ3) is 3.25. The summed E-state index contributed by atoms with van der Waals surface area (Å²) in [5.74, 6) is -0.358. The first kappa shape index (κ1) is 18.4. The number of hydrogen-bond donors (Lipinski definition) is 1. The topological polar surface area (TPSA) is 56.7 Å². The minimum absolute atomic E-state index is 0.00301. The molecule has 0 aromatic carbocycles. The summed E-state index contributed by atoms with van der Waals surface area (Å²) in [5.41, 5.74) is -0.726. The van der Waals surface area contributed by atoms with Crippen LogP contribution >= 0.6 is 11.3 Å². The highest BCUT2D eigenvalue weighted by Gasteiger charge is 2.37. The van der Waals surface area contributed by atoms with Crippen molar-refractivity contribution in [3.8, 4) is 0 Å². The Bertz CT molecular complexity index is 881. The van der Waals surface area contributed by atoms with Crippen molar-refractivity contribution in [1.29, 1.82) is 0 Å². The lowest BCUT2D eigenvalue weighted by Crippen LogP contribution is -2.45. The molecule has 27 heavy (non-hydrogen) atoms. The Kier molecular flexibility index (Phi) is 4.50. The molecule has 0 radical (unpaired) electrons. The summed E-state index contributed by atoms with van der Waals surface area (Å²) in [6.07, 6.45) is -6.34. The molecular formula is C17H17F4N3O2S. The number of rotatable bonds is 2. The van der Waals surface area contributed by atoms with Gasteiger partial charge in [-0.1, -0.05) is 0 Å². The quantitative estimate of drug-likeness (QED) is 0.784. The van der Waals surface area contributed by atoms with Crippen LogP contribution in [0.15, 0.2) is 11.4 Å². The Hall–Kier alpha value is -1.94. The lowest BCUT2D eigenvalue weighted by molar-refractivity contribution is -0.136. The van der Waals surface area contributed by atoms with E-state index in [1.54, 1.807) is 4.90 Å². The summed E-state index contributed by atoms with van der Waals surface area (Å²) >= 11 is 0.841. The Morgan fingerprint density at radius 2 is 2.04 bits per heavy atom. The van der Waals surface area contributed by atoms with Crippen LogP contribution in [0.1, 0.15) is 28.8 Å². The molecule has 0 unspecified atom stereocenters. The molecule has 0 bridgehead atoms. The number of pyridine rings is 1. The first-order valence-electron chi connectivity index (χ1n) is 8.61. The van der Waals surface area contributed by atoms with Gasteiger partial charge >= 0.3 is 6.18 Å². The average Bonchev–Trinajstić information content (AvgIpc) is 2.97. The minimum atomic E-state index is -4.62. The number of hydrogen-bond acceptors (Lipinski definition) is 5. The second-order valence-corrected chi connectivity index (χ2v) is 7.70. The van der Waals surface area contributed by atoms with Gasteiger partial charge in [0, 0.05) is 25.0 Å². The number of aliphatic hydroxyl groups is 1. The highest BCUT2D eigenvalue weighted by molar-refractivity contribution is 7.17. The van der Waals surface area contributed by atoms with Crippen molar-refractivity contribution >= 4 is 33.3 Å². The zero-order valence-electron chi connectivity index (χ0n) is 14.2. The maximum Gasteiger partial charge on any atom is 0.417 e. The van der Waals surface area contributed by atoms with Crippen LogP contribution in [0, 0.1) is 0 Å². The van der Waals surface area contributed by atoms with E-state index in [4.69, 9.17) is 0 Å². The summed E-state index contributed by atoms with van der Waals surface area (Å²) in [5, 5.41) is 10.9. The van der Waals surface area contributed by atoms with Gasteiger partial charge in [-0.15, -0.1) is 11.3 Å². The van der Waals surface area contributed by atoms with Crippen LogP contribution in [0.3, 0.4) is 0 Å². The number of fused-ring (bicyclic) bond motifs is 1. The van der Waals surface area contributed by atoms with Gasteiger partial charge in [-0.05, 0) is 18.9 Å². The Morgan fingerprint density at radius 3 is 2.63 bits per heavy atom. The van der Waals surface area contributed by atoms with Crippen LogP contribution in [-0.4, -0.2) is 59.4 Å². The van der Waals surface area contributed by atoms with Crippen LogP contribution in [-0.2, 0) is 6.18 Å². The third-order valence-corrected chi connectivity index (χ3v) is 6.02.